The average molecular weight is 841 g/mol. The molecule has 0 unspecified atom stereocenters. The molecule has 0 aromatic heterocycles. The van der Waals surface area contributed by atoms with E-state index in [1.54, 1.807) is 14.4 Å². The van der Waals surface area contributed by atoms with Gasteiger partial charge >= 0.3 is 186 Å². The Bertz CT molecular complexity index is 1990. The number of rotatable bonds is 4. The van der Waals surface area contributed by atoms with Crippen LogP contribution in [-0.4, -0.2) is 3.71 Å². The SMILES string of the molecule is C/[CH]=[Zr+2](\[C]1=CC=CC1)[CH]1c2cc(C(C)(C)C)ccc2-c2ccc(C(C)(C)C)cc21.[Cl-].[Cl-].c1ccc(-c2ccccc2)cc1.c1ccc(-c2ccccc2)cc1. The van der Waals surface area contributed by atoms with Crippen molar-refractivity contribution in [1.82, 2.24) is 0 Å². The molecule has 0 spiro atoms. The third kappa shape index (κ3) is 10.9. The van der Waals surface area contributed by atoms with E-state index in [0.29, 0.717) is 3.63 Å². The summed E-state index contributed by atoms with van der Waals surface area (Å²) in [6.07, 6.45) is 8.20. The van der Waals surface area contributed by atoms with Crippen molar-refractivity contribution < 1.29 is 46.1 Å². The molecular formula is C52H54Cl2Zr. The van der Waals surface area contributed by atoms with Crippen molar-refractivity contribution in [3.05, 3.63) is 201 Å². The van der Waals surface area contributed by atoms with Gasteiger partial charge in [0.1, 0.15) is 0 Å². The molecule has 55 heavy (non-hydrogen) atoms. The van der Waals surface area contributed by atoms with Gasteiger partial charge in [0.2, 0.25) is 0 Å². The van der Waals surface area contributed by atoms with Crippen LogP contribution in [0.3, 0.4) is 0 Å². The molecule has 0 nitrogen and oxygen atoms in total. The number of allylic oxidation sites excluding steroid dienone is 4. The van der Waals surface area contributed by atoms with Crippen LogP contribution in [0.25, 0.3) is 33.4 Å². The summed E-state index contributed by atoms with van der Waals surface area (Å²) in [5.41, 5.74) is 14.5. The second kappa shape index (κ2) is 19.8. The van der Waals surface area contributed by atoms with E-state index in [2.05, 4.69) is 204 Å². The Hall–Kier alpha value is -3.87. The van der Waals surface area contributed by atoms with Crippen LogP contribution in [0.4, 0.5) is 0 Å². The van der Waals surface area contributed by atoms with Crippen LogP contribution in [0, 0.1) is 0 Å². The predicted molar refractivity (Wildman–Crippen MR) is 228 cm³/mol. The molecule has 0 radical (unpaired) electrons. The number of hydrogen-bond acceptors (Lipinski definition) is 0. The molecule has 8 rings (SSSR count). The summed E-state index contributed by atoms with van der Waals surface area (Å²) in [6, 6.07) is 56.2. The fourth-order valence-corrected chi connectivity index (χ4v) is 14.3. The first-order valence-electron chi connectivity index (χ1n) is 19.1. The third-order valence-electron chi connectivity index (χ3n) is 10.3. The summed E-state index contributed by atoms with van der Waals surface area (Å²) in [4.78, 5) is 0. The van der Waals surface area contributed by atoms with Gasteiger partial charge in [0.05, 0.1) is 0 Å². The molecule has 280 valence electrons. The van der Waals surface area contributed by atoms with Gasteiger partial charge in [0, 0.05) is 0 Å². The minimum Gasteiger partial charge on any atom is -1.00 e. The molecule has 0 aliphatic heterocycles. The molecule has 0 saturated carbocycles. The minimum absolute atomic E-state index is 0. The predicted octanol–water partition coefficient (Wildman–Crippen LogP) is 8.35. The maximum atomic E-state index is 2.62. The van der Waals surface area contributed by atoms with Crippen LogP contribution in [0.15, 0.2) is 179 Å². The Kier molecular flexibility index (Phi) is 15.8. The molecule has 0 fully saturated rings. The van der Waals surface area contributed by atoms with Gasteiger partial charge in [0.15, 0.2) is 0 Å². The van der Waals surface area contributed by atoms with Crippen LogP contribution in [0.2, 0.25) is 0 Å². The quantitative estimate of drug-likeness (QED) is 0.168. The van der Waals surface area contributed by atoms with E-state index in [9.17, 15) is 0 Å². The fourth-order valence-electron chi connectivity index (χ4n) is 7.25. The van der Waals surface area contributed by atoms with E-state index in [0.717, 1.165) is 6.42 Å². The van der Waals surface area contributed by atoms with Crippen molar-refractivity contribution in [3.8, 4) is 33.4 Å². The number of hydrogen-bond donors (Lipinski definition) is 0. The number of benzene rings is 6. The molecule has 6 aromatic rings. The number of halogens is 2. The first-order valence-corrected chi connectivity index (χ1v) is 23.1. The molecule has 0 bridgehead atoms. The molecule has 0 amide bonds. The van der Waals surface area contributed by atoms with E-state index >= 15 is 0 Å². The molecule has 3 heteroatoms. The normalized spacial score (nSPS) is 12.7. The maximum absolute atomic E-state index is 2.62. The van der Waals surface area contributed by atoms with E-state index < -0.39 is 21.3 Å². The standard InChI is InChI=1S/C21H25.2C12H10.C5H5.C2H4.2ClH.Zr/c1-20(2,3)16-7-9-18-14(12-16)11-15-13-17(21(4,5)6)8-10-19(15)18;2*1-3-7-11(8-4-1)12-9-5-2-6-10-12;1-2-4-5-3-1;1-2;;;/h7-13H,1-6H3;2*1-10H;1-3H,4H2;1H,2H3;2*1H;/q;;;;;;;+2/p-2. The smallest absolute Gasteiger partial charge is 0.0184 e. The van der Waals surface area contributed by atoms with Crippen LogP contribution in [0.5, 0.6) is 0 Å². The Labute approximate surface area is 351 Å². The van der Waals surface area contributed by atoms with Gasteiger partial charge in [-0.1, -0.05) is 121 Å². The summed E-state index contributed by atoms with van der Waals surface area (Å²) < 4.78 is 4.96. The first-order chi connectivity index (χ1) is 25.5. The zero-order valence-electron chi connectivity index (χ0n) is 33.4. The van der Waals surface area contributed by atoms with Crippen LogP contribution < -0.4 is 24.8 Å². The maximum Gasteiger partial charge on any atom is -0.0184 e. The molecule has 0 saturated heterocycles. The van der Waals surface area contributed by atoms with Gasteiger partial charge in [-0.15, -0.1) is 0 Å². The third-order valence-corrected chi connectivity index (χ3v) is 17.6. The summed E-state index contributed by atoms with van der Waals surface area (Å²) in [7, 11) is 0. The molecule has 0 atom stereocenters. The second-order valence-electron chi connectivity index (χ2n) is 16.1. The summed E-state index contributed by atoms with van der Waals surface area (Å²) >= 11 is -1.98. The fraction of sp³-hybridized carbons (Fsp3) is 0.212. The Balaban J connectivity index is 0.000000213. The van der Waals surface area contributed by atoms with Crippen molar-refractivity contribution in [2.24, 2.45) is 0 Å². The minimum atomic E-state index is -1.98. The van der Waals surface area contributed by atoms with Crippen molar-refractivity contribution in [1.29, 1.82) is 0 Å². The van der Waals surface area contributed by atoms with E-state index in [1.807, 2.05) is 24.3 Å². The average Bonchev–Trinajstić information content (AvgIpc) is 3.83. The molecule has 6 aromatic carbocycles. The Morgan fingerprint density at radius 3 is 1.11 bits per heavy atom. The molecular weight excluding hydrogens is 787 g/mol. The summed E-state index contributed by atoms with van der Waals surface area (Å²) in [5, 5.41) is 0. The van der Waals surface area contributed by atoms with Gasteiger partial charge in [-0.25, -0.2) is 0 Å². The van der Waals surface area contributed by atoms with Crippen molar-refractivity contribution in [3.63, 3.8) is 0 Å². The Morgan fingerprint density at radius 2 is 0.836 bits per heavy atom. The van der Waals surface area contributed by atoms with Crippen LogP contribution in [-0.2, 0) is 32.1 Å². The van der Waals surface area contributed by atoms with E-state index in [-0.39, 0.29) is 35.6 Å². The van der Waals surface area contributed by atoms with Crippen molar-refractivity contribution >= 4 is 3.71 Å². The van der Waals surface area contributed by atoms with Crippen molar-refractivity contribution in [2.45, 2.75) is 69.3 Å². The van der Waals surface area contributed by atoms with Crippen LogP contribution >= 0.6 is 0 Å². The van der Waals surface area contributed by atoms with E-state index in [1.165, 1.54) is 44.5 Å². The number of fused-ring (bicyclic) bond motifs is 3. The zero-order chi connectivity index (χ0) is 37.4. The topological polar surface area (TPSA) is 0 Å². The second-order valence-corrected chi connectivity index (χ2v) is 22.7. The van der Waals surface area contributed by atoms with Gasteiger partial charge in [-0.2, -0.15) is 0 Å². The van der Waals surface area contributed by atoms with Gasteiger partial charge in [0.25, 0.3) is 0 Å². The largest absolute Gasteiger partial charge is 1.00 e. The van der Waals surface area contributed by atoms with E-state index in [4.69, 9.17) is 0 Å². The van der Waals surface area contributed by atoms with Gasteiger partial charge < -0.3 is 24.8 Å². The first kappa shape index (κ1) is 43.9. The zero-order valence-corrected chi connectivity index (χ0v) is 37.3. The molecule has 2 aliphatic carbocycles. The molecule has 2 aliphatic rings. The van der Waals surface area contributed by atoms with Crippen molar-refractivity contribution in [2.75, 3.05) is 0 Å². The Morgan fingerprint density at radius 1 is 0.491 bits per heavy atom. The summed E-state index contributed by atoms with van der Waals surface area (Å²) in [6.45, 7) is 16.3. The monoisotopic (exact) mass is 838 g/mol. The van der Waals surface area contributed by atoms with Gasteiger partial charge in [-0.05, 0) is 22.3 Å². The van der Waals surface area contributed by atoms with Crippen LogP contribution in [0.1, 0.15) is 80.8 Å². The van der Waals surface area contributed by atoms with Gasteiger partial charge in [-0.3, -0.25) is 0 Å². The molecule has 0 heterocycles. The summed E-state index contributed by atoms with van der Waals surface area (Å²) in [5.74, 6) is 0. The molecule has 0 N–H and O–H groups in total.